The molecule has 0 amide bonds. The van der Waals surface area contributed by atoms with E-state index < -0.39 is 12.2 Å². The van der Waals surface area contributed by atoms with Gasteiger partial charge in [-0.1, -0.05) is 32.6 Å². The summed E-state index contributed by atoms with van der Waals surface area (Å²) < 4.78 is 4.63. The van der Waals surface area contributed by atoms with Crippen LogP contribution in [0.1, 0.15) is 46.0 Å². The fraction of sp³-hybridized carbons (Fsp3) is 1.00. The van der Waals surface area contributed by atoms with Gasteiger partial charge in [-0.3, -0.25) is 0 Å². The third-order valence-corrected chi connectivity index (χ3v) is 2.38. The first-order chi connectivity index (χ1) is 8.59. The van der Waals surface area contributed by atoms with Crippen LogP contribution >= 0.6 is 0 Å². The van der Waals surface area contributed by atoms with Gasteiger partial charge in [-0.25, -0.2) is 0 Å². The molecule has 112 valence electrons. The monoisotopic (exact) mass is 266 g/mol. The van der Waals surface area contributed by atoms with Gasteiger partial charge in [-0.15, -0.1) is 0 Å². The molecule has 0 radical (unpaired) electrons. The number of unbranched alkanes of at least 4 members (excludes halogenated alkanes) is 3. The van der Waals surface area contributed by atoms with Gasteiger partial charge in [0.05, 0.1) is 38.6 Å². The molecule has 0 bridgehead atoms. The van der Waals surface area contributed by atoms with Gasteiger partial charge >= 0.3 is 0 Å². The minimum Gasteiger partial charge on any atom is -0.394 e. The van der Waals surface area contributed by atoms with Gasteiger partial charge in [0, 0.05) is 0 Å². The molecule has 0 saturated heterocycles. The summed E-state index contributed by atoms with van der Waals surface area (Å²) in [6.07, 6.45) is 4.28. The van der Waals surface area contributed by atoms with E-state index in [-0.39, 0.29) is 13.2 Å². The molecule has 2 atom stereocenters. The third-order valence-electron chi connectivity index (χ3n) is 2.38. The van der Waals surface area contributed by atoms with Crippen LogP contribution in [0.2, 0.25) is 0 Å². The fourth-order valence-corrected chi connectivity index (χ4v) is 1.25. The largest absolute Gasteiger partial charge is 0.394 e. The summed E-state index contributed by atoms with van der Waals surface area (Å²) in [5.74, 6) is 0. The van der Waals surface area contributed by atoms with Crippen molar-refractivity contribution in [2.45, 2.75) is 58.2 Å². The SMILES string of the molecule is CCCCCCC(O)C(C)O.OCCOCCO. The van der Waals surface area contributed by atoms with Crippen molar-refractivity contribution in [3.63, 3.8) is 0 Å². The molecule has 0 aliphatic carbocycles. The summed E-state index contributed by atoms with van der Waals surface area (Å²) in [6.45, 7) is 4.48. The van der Waals surface area contributed by atoms with Gasteiger partial charge in [-0.2, -0.15) is 0 Å². The Kier molecular flexibility index (Phi) is 18.8. The summed E-state index contributed by atoms with van der Waals surface area (Å²) in [5.41, 5.74) is 0. The maximum atomic E-state index is 9.18. The highest BCUT2D eigenvalue weighted by atomic mass is 16.5. The second-order valence-electron chi connectivity index (χ2n) is 4.22. The van der Waals surface area contributed by atoms with E-state index in [0.29, 0.717) is 13.2 Å². The van der Waals surface area contributed by atoms with Crippen LogP contribution in [0.5, 0.6) is 0 Å². The first-order valence-electron chi connectivity index (χ1n) is 6.75. The Morgan fingerprint density at radius 2 is 1.50 bits per heavy atom. The van der Waals surface area contributed by atoms with E-state index >= 15 is 0 Å². The van der Waals surface area contributed by atoms with Crippen LogP contribution in [0.3, 0.4) is 0 Å². The Bertz CT molecular complexity index is 137. The molecule has 5 nitrogen and oxygen atoms in total. The highest BCUT2D eigenvalue weighted by molar-refractivity contribution is 4.61. The summed E-state index contributed by atoms with van der Waals surface area (Å²) in [6, 6.07) is 0. The van der Waals surface area contributed by atoms with Crippen molar-refractivity contribution in [3.05, 3.63) is 0 Å². The number of aliphatic hydroxyl groups excluding tert-OH is 4. The van der Waals surface area contributed by atoms with Crippen LogP contribution in [0, 0.1) is 0 Å². The van der Waals surface area contributed by atoms with Crippen molar-refractivity contribution in [1.82, 2.24) is 0 Å². The minimum absolute atomic E-state index is 0.0278. The number of hydrogen-bond donors (Lipinski definition) is 4. The lowest BCUT2D eigenvalue weighted by molar-refractivity contribution is 0.0247. The van der Waals surface area contributed by atoms with Crippen molar-refractivity contribution in [2.24, 2.45) is 0 Å². The summed E-state index contributed by atoms with van der Waals surface area (Å²) >= 11 is 0. The second-order valence-corrected chi connectivity index (χ2v) is 4.22. The average molecular weight is 266 g/mol. The van der Waals surface area contributed by atoms with E-state index in [0.717, 1.165) is 12.8 Å². The summed E-state index contributed by atoms with van der Waals surface area (Å²) in [4.78, 5) is 0. The minimum atomic E-state index is -0.573. The first kappa shape index (κ1) is 20.1. The van der Waals surface area contributed by atoms with E-state index in [1.54, 1.807) is 6.92 Å². The van der Waals surface area contributed by atoms with Crippen molar-refractivity contribution in [1.29, 1.82) is 0 Å². The molecule has 0 heterocycles. The Labute approximate surface area is 110 Å². The zero-order valence-corrected chi connectivity index (χ0v) is 11.7. The molecule has 0 aliphatic rings. The van der Waals surface area contributed by atoms with Crippen molar-refractivity contribution < 1.29 is 25.2 Å². The highest BCUT2D eigenvalue weighted by Gasteiger charge is 2.08. The van der Waals surface area contributed by atoms with E-state index in [2.05, 4.69) is 11.7 Å². The molecule has 0 saturated carbocycles. The van der Waals surface area contributed by atoms with Crippen LogP contribution in [0.4, 0.5) is 0 Å². The molecule has 18 heavy (non-hydrogen) atoms. The van der Waals surface area contributed by atoms with Crippen molar-refractivity contribution in [3.8, 4) is 0 Å². The average Bonchev–Trinajstić information content (AvgIpc) is 2.36. The van der Waals surface area contributed by atoms with Gasteiger partial charge in [0.15, 0.2) is 0 Å². The molecular weight excluding hydrogens is 236 g/mol. The normalized spacial score (nSPS) is 13.7. The molecule has 0 aromatic carbocycles. The molecule has 4 N–H and O–H groups in total. The molecule has 0 aromatic rings. The quantitative estimate of drug-likeness (QED) is 0.437. The van der Waals surface area contributed by atoms with Crippen LogP contribution in [0.15, 0.2) is 0 Å². The summed E-state index contributed by atoms with van der Waals surface area (Å²) in [7, 11) is 0. The maximum Gasteiger partial charge on any atom is 0.0796 e. The predicted octanol–water partition coefficient (Wildman–Crippen LogP) is 0.686. The van der Waals surface area contributed by atoms with Gasteiger partial charge in [0.2, 0.25) is 0 Å². The Morgan fingerprint density at radius 1 is 0.944 bits per heavy atom. The topological polar surface area (TPSA) is 90.2 Å². The number of hydrogen-bond acceptors (Lipinski definition) is 5. The van der Waals surface area contributed by atoms with Gasteiger partial charge in [0.25, 0.3) is 0 Å². The van der Waals surface area contributed by atoms with Crippen LogP contribution in [-0.2, 0) is 4.74 Å². The van der Waals surface area contributed by atoms with Gasteiger partial charge in [0.1, 0.15) is 0 Å². The highest BCUT2D eigenvalue weighted by Crippen LogP contribution is 2.07. The smallest absolute Gasteiger partial charge is 0.0796 e. The maximum absolute atomic E-state index is 9.18. The Morgan fingerprint density at radius 3 is 1.89 bits per heavy atom. The molecular formula is C13H30O5. The molecule has 0 rings (SSSR count). The lowest BCUT2D eigenvalue weighted by atomic mass is 10.1. The first-order valence-corrected chi connectivity index (χ1v) is 6.75. The molecule has 0 aliphatic heterocycles. The molecule has 2 unspecified atom stereocenters. The van der Waals surface area contributed by atoms with Crippen LogP contribution in [-0.4, -0.2) is 59.1 Å². The van der Waals surface area contributed by atoms with E-state index in [1.165, 1.54) is 19.3 Å². The third kappa shape index (κ3) is 18.2. The lowest BCUT2D eigenvalue weighted by Gasteiger charge is -2.12. The lowest BCUT2D eigenvalue weighted by Crippen LogP contribution is -2.21. The van der Waals surface area contributed by atoms with Crippen molar-refractivity contribution in [2.75, 3.05) is 26.4 Å². The number of aliphatic hydroxyl groups is 4. The fourth-order valence-electron chi connectivity index (χ4n) is 1.25. The van der Waals surface area contributed by atoms with Crippen LogP contribution < -0.4 is 0 Å². The standard InChI is InChI=1S/C9H20O2.C4H10O3/c1-3-4-5-6-7-9(11)8(2)10;5-1-3-7-4-2-6/h8-11H,3-7H2,1-2H3;5-6H,1-4H2. The molecule has 5 heteroatoms. The molecule has 0 aromatic heterocycles. The summed E-state index contributed by atoms with van der Waals surface area (Å²) in [5, 5.41) is 34.3. The molecule has 0 fully saturated rings. The van der Waals surface area contributed by atoms with E-state index in [4.69, 9.17) is 15.3 Å². The molecule has 0 spiro atoms. The van der Waals surface area contributed by atoms with E-state index in [1.807, 2.05) is 0 Å². The number of ether oxygens (including phenoxy) is 1. The van der Waals surface area contributed by atoms with Crippen LogP contribution in [0.25, 0.3) is 0 Å². The predicted molar refractivity (Wildman–Crippen MR) is 71.4 cm³/mol. The zero-order valence-electron chi connectivity index (χ0n) is 11.7. The Balaban J connectivity index is 0. The van der Waals surface area contributed by atoms with Crippen molar-refractivity contribution >= 4 is 0 Å². The second kappa shape index (κ2) is 16.8. The number of rotatable bonds is 10. The Hall–Kier alpha value is -0.200. The van der Waals surface area contributed by atoms with Gasteiger partial charge < -0.3 is 25.2 Å². The zero-order chi connectivity index (χ0) is 14.2. The van der Waals surface area contributed by atoms with E-state index in [9.17, 15) is 5.11 Å². The van der Waals surface area contributed by atoms with Gasteiger partial charge in [-0.05, 0) is 13.3 Å².